The van der Waals surface area contributed by atoms with Crippen molar-refractivity contribution >= 4 is 44.3 Å². The average Bonchev–Trinajstić information content (AvgIpc) is 3.20. The summed E-state index contributed by atoms with van der Waals surface area (Å²) in [5.74, 6) is -0.299. The molecule has 0 bridgehead atoms. The van der Waals surface area contributed by atoms with Crippen LogP contribution in [-0.4, -0.2) is 43.2 Å². The third-order valence-electron chi connectivity index (χ3n) is 5.65. The van der Waals surface area contributed by atoms with Gasteiger partial charge in [-0.25, -0.2) is 4.98 Å². The fourth-order valence-electron chi connectivity index (χ4n) is 4.01. The molecule has 1 fully saturated rings. The molecule has 0 aliphatic carbocycles. The number of anilines is 1. The van der Waals surface area contributed by atoms with Crippen molar-refractivity contribution in [3.8, 4) is 11.1 Å². The third kappa shape index (κ3) is 3.10. The Kier molecular flexibility index (Phi) is 4.63. The Morgan fingerprint density at radius 3 is 2.87 bits per heavy atom. The van der Waals surface area contributed by atoms with Gasteiger partial charge in [0.05, 0.1) is 21.9 Å². The number of carbonyl (C=O) groups is 1. The fraction of sp³-hybridized carbons (Fsp3) is 0.238. The number of aromatic nitrogens is 4. The highest BCUT2D eigenvalue weighted by atomic mass is 79.9. The molecule has 5 rings (SSSR count). The number of nitrogens with zero attached hydrogens (tertiary/aromatic N) is 4. The van der Waals surface area contributed by atoms with Gasteiger partial charge in [-0.2, -0.15) is 9.61 Å². The summed E-state index contributed by atoms with van der Waals surface area (Å²) in [5.41, 5.74) is 10.5. The van der Waals surface area contributed by atoms with E-state index < -0.39 is 12.0 Å². The summed E-state index contributed by atoms with van der Waals surface area (Å²) in [4.78, 5) is 20.7. The second-order valence-electron chi connectivity index (χ2n) is 7.48. The van der Waals surface area contributed by atoms with Crippen LogP contribution in [0.2, 0.25) is 0 Å². The van der Waals surface area contributed by atoms with E-state index in [4.69, 9.17) is 10.7 Å². The highest BCUT2D eigenvalue weighted by molar-refractivity contribution is 9.10. The van der Waals surface area contributed by atoms with Gasteiger partial charge in [0.25, 0.3) is 0 Å². The molecule has 30 heavy (non-hydrogen) atoms. The van der Waals surface area contributed by atoms with Crippen molar-refractivity contribution in [3.63, 3.8) is 0 Å². The first-order valence-electron chi connectivity index (χ1n) is 9.67. The molecule has 0 amide bonds. The molecule has 1 aliphatic rings. The molecular weight excluding hydrogens is 448 g/mol. The highest BCUT2D eigenvalue weighted by Gasteiger charge is 2.29. The van der Waals surface area contributed by atoms with E-state index in [1.807, 2.05) is 30.5 Å². The lowest BCUT2D eigenvalue weighted by Gasteiger charge is -2.28. The van der Waals surface area contributed by atoms with Gasteiger partial charge in [-0.15, -0.1) is 0 Å². The van der Waals surface area contributed by atoms with E-state index in [9.17, 15) is 9.90 Å². The van der Waals surface area contributed by atoms with Crippen LogP contribution < -0.4 is 11.1 Å². The molecule has 2 atom stereocenters. The van der Waals surface area contributed by atoms with Gasteiger partial charge in [-0.3, -0.25) is 9.78 Å². The lowest BCUT2D eigenvalue weighted by molar-refractivity contribution is -0.140. The number of carboxylic acids is 1. The van der Waals surface area contributed by atoms with E-state index in [0.29, 0.717) is 35.3 Å². The van der Waals surface area contributed by atoms with Crippen LogP contribution in [0, 0.1) is 0 Å². The Morgan fingerprint density at radius 1 is 1.27 bits per heavy atom. The number of hydrogen-bond acceptors (Lipinski definition) is 6. The second kappa shape index (κ2) is 7.33. The molecule has 1 aliphatic heterocycles. The first-order valence-corrected chi connectivity index (χ1v) is 10.5. The quantitative estimate of drug-likeness (QED) is 0.424. The van der Waals surface area contributed by atoms with E-state index >= 15 is 0 Å². The SMILES string of the molecule is Nc1c(Br)c([C@H]2CC[C@@H](C(=O)O)NC2)nc2c(-c3cnc4ccccc4c3)cnn12. The predicted molar refractivity (Wildman–Crippen MR) is 117 cm³/mol. The molecule has 4 heterocycles. The molecule has 0 unspecified atom stereocenters. The first kappa shape index (κ1) is 19.0. The zero-order valence-corrected chi connectivity index (χ0v) is 17.5. The molecule has 4 aromatic rings. The smallest absolute Gasteiger partial charge is 0.320 e. The number of halogens is 1. The Morgan fingerprint density at radius 2 is 2.10 bits per heavy atom. The topological polar surface area (TPSA) is 118 Å². The summed E-state index contributed by atoms with van der Waals surface area (Å²) < 4.78 is 2.32. The predicted octanol–water partition coefficient (Wildman–Crippen LogP) is 3.21. The van der Waals surface area contributed by atoms with E-state index in [2.05, 4.69) is 37.4 Å². The molecular formula is C21H19BrN6O2. The van der Waals surface area contributed by atoms with Crippen molar-refractivity contribution in [1.82, 2.24) is 24.9 Å². The fourth-order valence-corrected chi connectivity index (χ4v) is 4.59. The number of rotatable bonds is 3. The minimum absolute atomic E-state index is 0.0553. The highest BCUT2D eigenvalue weighted by Crippen LogP contribution is 2.36. The van der Waals surface area contributed by atoms with Crippen molar-refractivity contribution in [1.29, 1.82) is 0 Å². The molecule has 0 radical (unpaired) electrons. The molecule has 0 saturated carbocycles. The maximum atomic E-state index is 11.2. The van der Waals surface area contributed by atoms with Crippen LogP contribution in [0.25, 0.3) is 27.7 Å². The summed E-state index contributed by atoms with van der Waals surface area (Å²) in [6.07, 6.45) is 4.82. The number of nitrogen functional groups attached to an aromatic ring is 1. The van der Waals surface area contributed by atoms with Gasteiger partial charge in [0.15, 0.2) is 5.65 Å². The number of piperidine rings is 1. The zero-order valence-electron chi connectivity index (χ0n) is 15.9. The Labute approximate surface area is 180 Å². The van der Waals surface area contributed by atoms with Gasteiger partial charge in [-0.1, -0.05) is 18.2 Å². The number of carboxylic acid groups (broad SMARTS) is 1. The van der Waals surface area contributed by atoms with Gasteiger partial charge in [0.1, 0.15) is 11.9 Å². The number of para-hydroxylation sites is 1. The maximum absolute atomic E-state index is 11.2. The monoisotopic (exact) mass is 466 g/mol. The number of benzene rings is 1. The number of hydrogen-bond donors (Lipinski definition) is 3. The van der Waals surface area contributed by atoms with Crippen molar-refractivity contribution in [2.45, 2.75) is 24.8 Å². The molecule has 152 valence electrons. The van der Waals surface area contributed by atoms with Gasteiger partial charge < -0.3 is 16.2 Å². The molecule has 0 spiro atoms. The Balaban J connectivity index is 1.59. The molecule has 3 aromatic heterocycles. The van der Waals surface area contributed by atoms with Crippen LogP contribution in [0.5, 0.6) is 0 Å². The summed E-state index contributed by atoms with van der Waals surface area (Å²) in [7, 11) is 0. The van der Waals surface area contributed by atoms with E-state index in [1.54, 1.807) is 10.7 Å². The van der Waals surface area contributed by atoms with Crippen LogP contribution in [0.4, 0.5) is 5.82 Å². The number of nitrogens with one attached hydrogen (secondary N) is 1. The summed E-state index contributed by atoms with van der Waals surface area (Å²) >= 11 is 3.57. The van der Waals surface area contributed by atoms with Crippen molar-refractivity contribution in [3.05, 3.63) is 52.9 Å². The van der Waals surface area contributed by atoms with E-state index in [0.717, 1.165) is 27.7 Å². The lowest BCUT2D eigenvalue weighted by Crippen LogP contribution is -2.43. The van der Waals surface area contributed by atoms with Crippen molar-refractivity contribution < 1.29 is 9.90 Å². The van der Waals surface area contributed by atoms with Crippen LogP contribution in [0.1, 0.15) is 24.5 Å². The van der Waals surface area contributed by atoms with Crippen LogP contribution in [-0.2, 0) is 4.79 Å². The minimum atomic E-state index is -0.822. The van der Waals surface area contributed by atoms with Crippen molar-refractivity contribution in [2.24, 2.45) is 0 Å². The normalized spacial score (nSPS) is 19.4. The molecule has 1 saturated heterocycles. The first-order chi connectivity index (χ1) is 14.5. The van der Waals surface area contributed by atoms with Crippen LogP contribution in [0.15, 0.2) is 47.2 Å². The lowest BCUT2D eigenvalue weighted by atomic mass is 9.92. The minimum Gasteiger partial charge on any atom is -0.480 e. The Bertz CT molecular complexity index is 1280. The van der Waals surface area contributed by atoms with E-state index in [-0.39, 0.29) is 5.92 Å². The van der Waals surface area contributed by atoms with Gasteiger partial charge in [0.2, 0.25) is 0 Å². The Hall–Kier alpha value is -3.04. The average molecular weight is 467 g/mol. The van der Waals surface area contributed by atoms with Crippen molar-refractivity contribution in [2.75, 3.05) is 12.3 Å². The summed E-state index contributed by atoms with van der Waals surface area (Å²) in [6, 6.07) is 9.49. The maximum Gasteiger partial charge on any atom is 0.320 e. The standard InChI is InChI=1S/C21H19BrN6O2/c22-17-18(12-5-6-16(21(29)30)25-8-12)27-20-14(10-26-28(20)19(17)23)13-7-11-3-1-2-4-15(11)24-9-13/h1-4,7,9-10,12,16,25H,5-6,8,23H2,(H,29,30)/t12-,16-/m0/s1. The number of pyridine rings is 1. The van der Waals surface area contributed by atoms with Gasteiger partial charge >= 0.3 is 5.97 Å². The zero-order chi connectivity index (χ0) is 20.8. The molecule has 4 N–H and O–H groups in total. The van der Waals surface area contributed by atoms with Crippen LogP contribution >= 0.6 is 15.9 Å². The van der Waals surface area contributed by atoms with Crippen LogP contribution in [0.3, 0.4) is 0 Å². The number of nitrogens with two attached hydrogens (primary N) is 1. The molecule has 9 heteroatoms. The van der Waals surface area contributed by atoms with Gasteiger partial charge in [-0.05, 0) is 40.9 Å². The third-order valence-corrected chi connectivity index (χ3v) is 6.46. The molecule has 1 aromatic carbocycles. The number of fused-ring (bicyclic) bond motifs is 2. The second-order valence-corrected chi connectivity index (χ2v) is 8.27. The largest absolute Gasteiger partial charge is 0.480 e. The van der Waals surface area contributed by atoms with Gasteiger partial charge in [0, 0.05) is 35.2 Å². The van der Waals surface area contributed by atoms with E-state index in [1.165, 1.54) is 0 Å². The molecule has 8 nitrogen and oxygen atoms in total. The summed E-state index contributed by atoms with van der Waals surface area (Å²) in [6.45, 7) is 0.527. The summed E-state index contributed by atoms with van der Waals surface area (Å²) in [5, 5.41) is 17.8. The number of aliphatic carboxylic acids is 1.